The van der Waals surface area contributed by atoms with Crippen molar-refractivity contribution in [2.24, 2.45) is 5.92 Å². The van der Waals surface area contributed by atoms with E-state index in [1.807, 2.05) is 25.1 Å². The lowest BCUT2D eigenvalue weighted by Gasteiger charge is -2.31. The highest BCUT2D eigenvalue weighted by Crippen LogP contribution is 2.19. The number of para-hydroxylation sites is 2. The maximum absolute atomic E-state index is 12.7. The summed E-state index contributed by atoms with van der Waals surface area (Å²) >= 11 is 0. The van der Waals surface area contributed by atoms with E-state index in [4.69, 9.17) is 4.74 Å². The van der Waals surface area contributed by atoms with Crippen molar-refractivity contribution in [3.63, 3.8) is 0 Å². The van der Waals surface area contributed by atoms with E-state index in [0.717, 1.165) is 44.4 Å². The summed E-state index contributed by atoms with van der Waals surface area (Å²) in [6, 6.07) is 7.41. The van der Waals surface area contributed by atoms with Gasteiger partial charge in [0, 0.05) is 6.54 Å². The second kappa shape index (κ2) is 9.22. The molecular formula is C21H31N3O3. The van der Waals surface area contributed by atoms with Gasteiger partial charge in [0.25, 0.3) is 0 Å². The number of imidazole rings is 1. The minimum absolute atomic E-state index is 0.308. The predicted octanol–water partition coefficient (Wildman–Crippen LogP) is 3.71. The Morgan fingerprint density at radius 1 is 1.07 bits per heavy atom. The number of unbranched alkanes of at least 4 members (excludes halogenated alkanes) is 1. The van der Waals surface area contributed by atoms with E-state index in [0.29, 0.717) is 24.6 Å². The Labute approximate surface area is 160 Å². The molecule has 1 saturated heterocycles. The van der Waals surface area contributed by atoms with Crippen molar-refractivity contribution in [2.75, 3.05) is 26.2 Å². The Morgan fingerprint density at radius 3 is 2.44 bits per heavy atom. The molecule has 0 bridgehead atoms. The SMILES string of the molecule is CCCCN1CCC(COC(=O)n2c(=O)n(CCC)c3ccccc32)CC1. The monoisotopic (exact) mass is 373 g/mol. The fraction of sp³-hybridized carbons (Fsp3) is 0.619. The van der Waals surface area contributed by atoms with Gasteiger partial charge in [-0.15, -0.1) is 0 Å². The molecule has 1 aromatic carbocycles. The van der Waals surface area contributed by atoms with Gasteiger partial charge < -0.3 is 9.64 Å². The van der Waals surface area contributed by atoms with Crippen LogP contribution in [0.2, 0.25) is 0 Å². The molecule has 1 aromatic heterocycles. The van der Waals surface area contributed by atoms with Crippen molar-refractivity contribution in [1.29, 1.82) is 0 Å². The molecule has 27 heavy (non-hydrogen) atoms. The van der Waals surface area contributed by atoms with Gasteiger partial charge in [0.15, 0.2) is 0 Å². The quantitative estimate of drug-likeness (QED) is 0.742. The van der Waals surface area contributed by atoms with Crippen LogP contribution in [-0.4, -0.2) is 46.4 Å². The molecule has 6 nitrogen and oxygen atoms in total. The first-order valence-electron chi connectivity index (χ1n) is 10.3. The second-order valence-electron chi connectivity index (χ2n) is 7.47. The standard InChI is InChI=1S/C21H31N3O3/c1-3-5-13-22-14-10-17(11-15-22)16-27-21(26)24-19-9-7-6-8-18(19)23(12-4-2)20(24)25/h6-9,17H,3-5,10-16H2,1-2H3. The molecule has 1 fully saturated rings. The Morgan fingerprint density at radius 2 is 1.78 bits per heavy atom. The van der Waals surface area contributed by atoms with Crippen LogP contribution in [0, 0.1) is 5.92 Å². The largest absolute Gasteiger partial charge is 0.449 e. The molecule has 0 spiro atoms. The molecule has 0 atom stereocenters. The normalized spacial score (nSPS) is 16.1. The number of nitrogens with zero attached hydrogens (tertiary/aromatic N) is 3. The molecule has 0 N–H and O–H groups in total. The number of aryl methyl sites for hydroxylation is 1. The summed E-state index contributed by atoms with van der Waals surface area (Å²) in [5.41, 5.74) is 1.10. The number of carbonyl (C=O) groups excluding carboxylic acids is 1. The fourth-order valence-electron chi connectivity index (χ4n) is 3.84. The number of ether oxygens (including phenoxy) is 1. The van der Waals surface area contributed by atoms with Crippen molar-refractivity contribution >= 4 is 17.1 Å². The lowest BCUT2D eigenvalue weighted by atomic mass is 9.98. The topological polar surface area (TPSA) is 56.5 Å². The number of hydrogen-bond acceptors (Lipinski definition) is 4. The first kappa shape index (κ1) is 19.7. The summed E-state index contributed by atoms with van der Waals surface area (Å²) in [5, 5.41) is 0. The van der Waals surface area contributed by atoms with Crippen LogP contribution in [0.25, 0.3) is 11.0 Å². The molecule has 1 aliphatic heterocycles. The summed E-state index contributed by atoms with van der Waals surface area (Å²) in [5.74, 6) is 0.381. The van der Waals surface area contributed by atoms with Crippen molar-refractivity contribution in [3.8, 4) is 0 Å². The maximum atomic E-state index is 12.7. The molecule has 2 heterocycles. The Bertz CT molecular complexity index is 816. The van der Waals surface area contributed by atoms with Crippen molar-refractivity contribution in [3.05, 3.63) is 34.7 Å². The number of piperidine rings is 1. The molecule has 3 rings (SSSR count). The smallest absolute Gasteiger partial charge is 0.422 e. The van der Waals surface area contributed by atoms with Crippen LogP contribution in [0.4, 0.5) is 4.79 Å². The van der Waals surface area contributed by atoms with E-state index in [2.05, 4.69) is 11.8 Å². The fourth-order valence-corrected chi connectivity index (χ4v) is 3.84. The van der Waals surface area contributed by atoms with E-state index in [1.54, 1.807) is 10.6 Å². The van der Waals surface area contributed by atoms with Gasteiger partial charge in [0.1, 0.15) is 0 Å². The molecule has 148 valence electrons. The maximum Gasteiger partial charge on any atom is 0.422 e. The van der Waals surface area contributed by atoms with Crippen LogP contribution in [0.15, 0.2) is 29.1 Å². The predicted molar refractivity (Wildman–Crippen MR) is 107 cm³/mol. The van der Waals surface area contributed by atoms with Crippen LogP contribution in [0.1, 0.15) is 46.0 Å². The molecule has 0 unspecified atom stereocenters. The van der Waals surface area contributed by atoms with Gasteiger partial charge in [-0.05, 0) is 63.4 Å². The van der Waals surface area contributed by atoms with Crippen LogP contribution < -0.4 is 5.69 Å². The zero-order valence-corrected chi connectivity index (χ0v) is 16.5. The highest BCUT2D eigenvalue weighted by atomic mass is 16.5. The number of likely N-dealkylation sites (tertiary alicyclic amines) is 1. The third-order valence-corrected chi connectivity index (χ3v) is 5.44. The van der Waals surface area contributed by atoms with E-state index in [-0.39, 0.29) is 5.69 Å². The average Bonchev–Trinajstić information content (AvgIpc) is 2.97. The first-order chi connectivity index (χ1) is 13.2. The number of rotatable bonds is 7. The summed E-state index contributed by atoms with van der Waals surface area (Å²) < 4.78 is 8.39. The van der Waals surface area contributed by atoms with E-state index in [9.17, 15) is 9.59 Å². The number of benzene rings is 1. The van der Waals surface area contributed by atoms with Crippen LogP contribution in [0.5, 0.6) is 0 Å². The van der Waals surface area contributed by atoms with Gasteiger partial charge in [-0.1, -0.05) is 32.4 Å². The average molecular weight is 373 g/mol. The zero-order valence-electron chi connectivity index (χ0n) is 16.5. The Kier molecular flexibility index (Phi) is 6.72. The molecular weight excluding hydrogens is 342 g/mol. The molecule has 0 saturated carbocycles. The molecule has 2 aromatic rings. The minimum atomic E-state index is -0.556. The number of hydrogen-bond donors (Lipinski definition) is 0. The third-order valence-electron chi connectivity index (χ3n) is 5.44. The third kappa shape index (κ3) is 4.43. The highest BCUT2D eigenvalue weighted by molar-refractivity contribution is 5.86. The summed E-state index contributed by atoms with van der Waals surface area (Å²) in [4.78, 5) is 27.9. The van der Waals surface area contributed by atoms with E-state index < -0.39 is 6.09 Å². The number of carbonyl (C=O) groups is 1. The lowest BCUT2D eigenvalue weighted by molar-refractivity contribution is 0.0968. The molecule has 0 aliphatic carbocycles. The Hall–Kier alpha value is -2.08. The molecule has 0 radical (unpaired) electrons. The molecule has 6 heteroatoms. The first-order valence-corrected chi connectivity index (χ1v) is 10.3. The summed E-state index contributed by atoms with van der Waals surface area (Å²) in [6.45, 7) is 8.51. The van der Waals surface area contributed by atoms with Gasteiger partial charge in [0.2, 0.25) is 0 Å². The van der Waals surface area contributed by atoms with E-state index >= 15 is 0 Å². The molecule has 0 amide bonds. The van der Waals surface area contributed by atoms with E-state index in [1.165, 1.54) is 17.4 Å². The van der Waals surface area contributed by atoms with Gasteiger partial charge in [-0.2, -0.15) is 4.57 Å². The van der Waals surface area contributed by atoms with Gasteiger partial charge >= 0.3 is 11.8 Å². The number of aromatic nitrogens is 2. The lowest BCUT2D eigenvalue weighted by Crippen LogP contribution is -2.37. The van der Waals surface area contributed by atoms with Crippen molar-refractivity contribution in [1.82, 2.24) is 14.0 Å². The minimum Gasteiger partial charge on any atom is -0.449 e. The highest BCUT2D eigenvalue weighted by Gasteiger charge is 2.23. The summed E-state index contributed by atoms with van der Waals surface area (Å²) in [6.07, 6.45) is 4.83. The molecule has 1 aliphatic rings. The Balaban J connectivity index is 1.64. The van der Waals surface area contributed by atoms with Gasteiger partial charge in [0.05, 0.1) is 17.6 Å². The van der Waals surface area contributed by atoms with Crippen LogP contribution in [-0.2, 0) is 11.3 Å². The van der Waals surface area contributed by atoms with Crippen LogP contribution in [0.3, 0.4) is 0 Å². The summed E-state index contributed by atoms with van der Waals surface area (Å²) in [7, 11) is 0. The van der Waals surface area contributed by atoms with Crippen LogP contribution >= 0.6 is 0 Å². The van der Waals surface area contributed by atoms with Crippen molar-refractivity contribution in [2.45, 2.75) is 52.5 Å². The zero-order chi connectivity index (χ0) is 19.2. The second-order valence-corrected chi connectivity index (χ2v) is 7.47. The van der Waals surface area contributed by atoms with Crippen molar-refractivity contribution < 1.29 is 9.53 Å². The van der Waals surface area contributed by atoms with Gasteiger partial charge in [-0.25, -0.2) is 9.59 Å². The number of fused-ring (bicyclic) bond motifs is 1. The van der Waals surface area contributed by atoms with Gasteiger partial charge in [-0.3, -0.25) is 4.57 Å².